The molecular weight excluding hydrogens is 480 g/mol. The third-order valence-corrected chi connectivity index (χ3v) is 6.80. The van der Waals surface area contributed by atoms with E-state index < -0.39 is 11.6 Å². The van der Waals surface area contributed by atoms with Crippen molar-refractivity contribution in [3.63, 3.8) is 0 Å². The minimum atomic E-state index is -0.448. The number of fused-ring (bicyclic) bond motifs is 2. The zero-order valence-corrected chi connectivity index (χ0v) is 21.0. The number of nitrogens with zero attached hydrogens (tertiary/aromatic N) is 1. The van der Waals surface area contributed by atoms with Crippen molar-refractivity contribution >= 4 is 39.3 Å². The van der Waals surface area contributed by atoms with Gasteiger partial charge in [0.25, 0.3) is 0 Å². The first kappa shape index (κ1) is 23.7. The number of methoxy groups -OCH3 is 1. The van der Waals surface area contributed by atoms with Crippen LogP contribution in [0.15, 0.2) is 85.2 Å². The van der Waals surface area contributed by atoms with Crippen molar-refractivity contribution in [1.82, 2.24) is 15.3 Å². The second kappa shape index (κ2) is 9.97. The molecule has 3 aromatic carbocycles. The lowest BCUT2D eigenvalue weighted by atomic mass is 10.1. The lowest BCUT2D eigenvalue weighted by Crippen LogP contribution is -2.41. The van der Waals surface area contributed by atoms with Gasteiger partial charge in [-0.15, -0.1) is 0 Å². The van der Waals surface area contributed by atoms with Gasteiger partial charge in [0.05, 0.1) is 18.2 Å². The van der Waals surface area contributed by atoms with Crippen LogP contribution in [-0.2, 0) is 11.3 Å². The first-order chi connectivity index (χ1) is 18.6. The summed E-state index contributed by atoms with van der Waals surface area (Å²) in [5.74, 6) is 1.17. The van der Waals surface area contributed by atoms with Gasteiger partial charge in [-0.1, -0.05) is 30.3 Å². The van der Waals surface area contributed by atoms with Crippen LogP contribution in [0.1, 0.15) is 18.4 Å². The fraction of sp³-hybridized carbons (Fsp3) is 0.200. The maximum Gasteiger partial charge on any atom is 0.408 e. The molecule has 8 nitrogen and oxygen atoms in total. The number of carbonyl (C=O) groups is 1. The molecule has 0 atom stereocenters. The Bertz CT molecular complexity index is 1590. The summed E-state index contributed by atoms with van der Waals surface area (Å²) in [5.41, 5.74) is 4.25. The van der Waals surface area contributed by atoms with Crippen LogP contribution in [-0.4, -0.2) is 35.3 Å². The van der Waals surface area contributed by atoms with Gasteiger partial charge >= 0.3 is 6.09 Å². The Labute approximate surface area is 219 Å². The molecule has 2 heterocycles. The summed E-state index contributed by atoms with van der Waals surface area (Å²) in [4.78, 5) is 20.2. The summed E-state index contributed by atoms with van der Waals surface area (Å²) in [7, 11) is 1.61. The van der Waals surface area contributed by atoms with E-state index in [9.17, 15) is 4.79 Å². The van der Waals surface area contributed by atoms with Crippen molar-refractivity contribution in [3.05, 3.63) is 90.8 Å². The molecule has 6 rings (SSSR count). The number of aromatic nitrogens is 2. The van der Waals surface area contributed by atoms with Crippen LogP contribution in [0.5, 0.6) is 11.5 Å². The Balaban J connectivity index is 1.15. The van der Waals surface area contributed by atoms with E-state index in [0.29, 0.717) is 18.1 Å². The number of hydrogen-bond donors (Lipinski definition) is 3. The van der Waals surface area contributed by atoms with E-state index in [2.05, 4.69) is 26.7 Å². The SMILES string of the molecule is COc1cc2c(Nc3ccc4[nH]ccc4c3)ccnc2cc1OCC1(NC(=O)OCc2ccccc2)CC1. The van der Waals surface area contributed by atoms with E-state index in [1.807, 2.05) is 72.9 Å². The van der Waals surface area contributed by atoms with Crippen LogP contribution < -0.4 is 20.1 Å². The largest absolute Gasteiger partial charge is 0.493 e. The summed E-state index contributed by atoms with van der Waals surface area (Å²) in [6, 6.07) is 23.6. The average molecular weight is 509 g/mol. The number of hydrogen-bond acceptors (Lipinski definition) is 6. The van der Waals surface area contributed by atoms with E-state index >= 15 is 0 Å². The second-order valence-corrected chi connectivity index (χ2v) is 9.54. The summed E-state index contributed by atoms with van der Waals surface area (Å²) in [6.45, 7) is 0.535. The molecule has 38 heavy (non-hydrogen) atoms. The normalized spacial score (nSPS) is 13.7. The van der Waals surface area contributed by atoms with Gasteiger partial charge in [0, 0.05) is 46.1 Å². The number of nitrogens with one attached hydrogen (secondary N) is 3. The quantitative estimate of drug-likeness (QED) is 0.216. The number of alkyl carbamates (subject to hydrolysis) is 1. The molecule has 0 spiro atoms. The van der Waals surface area contributed by atoms with E-state index in [1.165, 1.54) is 0 Å². The van der Waals surface area contributed by atoms with Crippen molar-refractivity contribution in [1.29, 1.82) is 0 Å². The van der Waals surface area contributed by atoms with Gasteiger partial charge in [0.2, 0.25) is 0 Å². The molecule has 0 radical (unpaired) electrons. The third-order valence-electron chi connectivity index (χ3n) is 6.80. The predicted molar refractivity (Wildman–Crippen MR) is 147 cm³/mol. The van der Waals surface area contributed by atoms with Crippen LogP contribution in [0, 0.1) is 0 Å². The Kier molecular flexibility index (Phi) is 6.21. The van der Waals surface area contributed by atoms with Crippen LogP contribution in [0.3, 0.4) is 0 Å². The molecule has 0 bridgehead atoms. The van der Waals surface area contributed by atoms with Gasteiger partial charge in [-0.2, -0.15) is 0 Å². The number of carbonyl (C=O) groups excluding carboxylic acids is 1. The maximum absolute atomic E-state index is 12.4. The van der Waals surface area contributed by atoms with Crippen LogP contribution in [0.2, 0.25) is 0 Å². The zero-order chi connectivity index (χ0) is 26.0. The van der Waals surface area contributed by atoms with E-state index in [1.54, 1.807) is 13.3 Å². The van der Waals surface area contributed by atoms with E-state index in [-0.39, 0.29) is 6.61 Å². The third kappa shape index (κ3) is 5.06. The monoisotopic (exact) mass is 508 g/mol. The number of amides is 1. The molecule has 3 N–H and O–H groups in total. The van der Waals surface area contributed by atoms with Crippen molar-refractivity contribution in [2.45, 2.75) is 25.0 Å². The molecule has 2 aromatic heterocycles. The number of ether oxygens (including phenoxy) is 3. The lowest BCUT2D eigenvalue weighted by molar-refractivity contribution is 0.128. The Hall–Kier alpha value is -4.72. The van der Waals surface area contributed by atoms with Crippen molar-refractivity contribution < 1.29 is 19.0 Å². The van der Waals surface area contributed by atoms with Crippen LogP contribution in [0.4, 0.5) is 16.2 Å². The number of rotatable bonds is 9. The molecule has 1 fully saturated rings. The second-order valence-electron chi connectivity index (χ2n) is 9.54. The smallest absolute Gasteiger partial charge is 0.408 e. The van der Waals surface area contributed by atoms with E-state index in [0.717, 1.165) is 51.6 Å². The van der Waals surface area contributed by atoms with Gasteiger partial charge in [0.15, 0.2) is 11.5 Å². The highest BCUT2D eigenvalue weighted by Gasteiger charge is 2.45. The van der Waals surface area contributed by atoms with Gasteiger partial charge < -0.3 is 29.8 Å². The molecule has 0 unspecified atom stereocenters. The van der Waals surface area contributed by atoms with Crippen molar-refractivity contribution in [2.75, 3.05) is 19.0 Å². The first-order valence-corrected chi connectivity index (χ1v) is 12.5. The van der Waals surface area contributed by atoms with Crippen molar-refractivity contribution in [3.8, 4) is 11.5 Å². The van der Waals surface area contributed by atoms with Crippen molar-refractivity contribution in [2.24, 2.45) is 0 Å². The molecule has 1 saturated carbocycles. The van der Waals surface area contributed by atoms with Gasteiger partial charge in [0.1, 0.15) is 13.2 Å². The summed E-state index contributed by atoms with van der Waals surface area (Å²) in [5, 5.41) is 8.52. The Morgan fingerprint density at radius 1 is 1.03 bits per heavy atom. The van der Waals surface area contributed by atoms with Crippen LogP contribution >= 0.6 is 0 Å². The topological polar surface area (TPSA) is 97.5 Å². The fourth-order valence-corrected chi connectivity index (χ4v) is 4.47. The highest BCUT2D eigenvalue weighted by molar-refractivity contribution is 5.96. The molecule has 192 valence electrons. The summed E-state index contributed by atoms with van der Waals surface area (Å²) >= 11 is 0. The number of aromatic amines is 1. The first-order valence-electron chi connectivity index (χ1n) is 12.5. The Morgan fingerprint density at radius 3 is 2.71 bits per heavy atom. The summed E-state index contributed by atoms with van der Waals surface area (Å²) < 4.78 is 17.2. The van der Waals surface area contributed by atoms with Crippen LogP contribution in [0.25, 0.3) is 21.8 Å². The number of benzene rings is 3. The lowest BCUT2D eigenvalue weighted by Gasteiger charge is -2.20. The molecule has 0 aliphatic heterocycles. The molecular formula is C30H28N4O4. The maximum atomic E-state index is 12.4. The molecule has 8 heteroatoms. The highest BCUT2D eigenvalue weighted by Crippen LogP contribution is 2.40. The number of pyridine rings is 1. The molecule has 0 saturated heterocycles. The van der Waals surface area contributed by atoms with Gasteiger partial charge in [-0.25, -0.2) is 4.79 Å². The molecule has 1 aliphatic carbocycles. The molecule has 1 amide bonds. The zero-order valence-electron chi connectivity index (χ0n) is 21.0. The molecule has 1 aliphatic rings. The number of anilines is 2. The van der Waals surface area contributed by atoms with E-state index in [4.69, 9.17) is 14.2 Å². The van der Waals surface area contributed by atoms with Gasteiger partial charge in [-0.3, -0.25) is 4.98 Å². The highest BCUT2D eigenvalue weighted by atomic mass is 16.6. The predicted octanol–water partition coefficient (Wildman–Crippen LogP) is 6.31. The molecule has 5 aromatic rings. The average Bonchev–Trinajstić information content (AvgIpc) is 3.54. The minimum Gasteiger partial charge on any atom is -0.493 e. The van der Waals surface area contributed by atoms with Gasteiger partial charge in [-0.05, 0) is 54.8 Å². The Morgan fingerprint density at radius 2 is 1.89 bits per heavy atom. The fourth-order valence-electron chi connectivity index (χ4n) is 4.47. The minimum absolute atomic E-state index is 0.225. The summed E-state index contributed by atoms with van der Waals surface area (Å²) in [6.07, 6.45) is 4.89. The number of H-pyrrole nitrogens is 1. The standard InChI is InChI=1S/C30H28N4O4/c1-36-27-16-23-25(33-22-7-8-24-21(15-22)9-13-31-24)10-14-32-26(23)17-28(27)38-19-30(11-12-30)34-29(35)37-18-20-5-3-2-4-6-20/h2-10,13-17,31H,11-12,18-19H2,1H3,(H,32,33)(H,34,35).